The van der Waals surface area contributed by atoms with Crippen LogP contribution in [0.25, 0.3) is 0 Å². The fourth-order valence-corrected chi connectivity index (χ4v) is 3.53. The number of piperidine rings is 1. The zero-order chi connectivity index (χ0) is 12.5. The first-order valence-electron chi connectivity index (χ1n) is 7.27. The summed E-state index contributed by atoms with van der Waals surface area (Å²) in [5.74, 6) is 0.881. The Morgan fingerprint density at radius 2 is 2.11 bits per heavy atom. The highest BCUT2D eigenvalue weighted by atomic mass is 15.2. The summed E-state index contributed by atoms with van der Waals surface area (Å²) in [4.78, 5) is 2.61. The molecule has 0 aliphatic carbocycles. The van der Waals surface area contributed by atoms with Gasteiger partial charge >= 0.3 is 0 Å². The molecule has 3 rings (SSSR count). The van der Waals surface area contributed by atoms with E-state index in [0.29, 0.717) is 6.04 Å². The van der Waals surface area contributed by atoms with Crippen molar-refractivity contribution < 1.29 is 0 Å². The highest BCUT2D eigenvalue weighted by Crippen LogP contribution is 2.28. The van der Waals surface area contributed by atoms with Gasteiger partial charge in [-0.3, -0.25) is 0 Å². The molecule has 2 nitrogen and oxygen atoms in total. The zero-order valence-corrected chi connectivity index (χ0v) is 11.5. The van der Waals surface area contributed by atoms with Gasteiger partial charge in [0.2, 0.25) is 0 Å². The standard InChI is InChI=1S/C16H24N2/c1-12-4-3-5-14(10-12)13(2)17-16-7-9-18-8-6-15(16)11-18/h3-5,10,13,15-17H,6-9,11H2,1-2H3/t13-,15?,16?/m0/s1. The molecule has 0 saturated carbocycles. The highest BCUT2D eigenvalue weighted by Gasteiger charge is 2.34. The van der Waals surface area contributed by atoms with Gasteiger partial charge in [0, 0.05) is 18.6 Å². The lowest BCUT2D eigenvalue weighted by atomic mass is 9.92. The Bertz CT molecular complexity index is 415. The third-order valence-electron chi connectivity index (χ3n) is 4.64. The first-order valence-corrected chi connectivity index (χ1v) is 7.27. The maximum absolute atomic E-state index is 3.86. The number of rotatable bonds is 3. The van der Waals surface area contributed by atoms with Crippen LogP contribution in [0.5, 0.6) is 0 Å². The summed E-state index contributed by atoms with van der Waals surface area (Å²) < 4.78 is 0. The number of hydrogen-bond acceptors (Lipinski definition) is 2. The van der Waals surface area contributed by atoms with Crippen LogP contribution in [0.3, 0.4) is 0 Å². The topological polar surface area (TPSA) is 15.3 Å². The molecule has 1 aromatic rings. The minimum atomic E-state index is 0.474. The number of nitrogens with zero attached hydrogens (tertiary/aromatic N) is 1. The molecule has 2 heterocycles. The lowest BCUT2D eigenvalue weighted by molar-refractivity contribution is 0.212. The van der Waals surface area contributed by atoms with Crippen LogP contribution >= 0.6 is 0 Å². The van der Waals surface area contributed by atoms with Crippen LogP contribution in [0.4, 0.5) is 0 Å². The maximum atomic E-state index is 3.86. The molecule has 1 aromatic carbocycles. The molecule has 2 aliphatic rings. The molecule has 0 spiro atoms. The first-order chi connectivity index (χ1) is 8.72. The molecule has 18 heavy (non-hydrogen) atoms. The summed E-state index contributed by atoms with van der Waals surface area (Å²) in [7, 11) is 0. The maximum Gasteiger partial charge on any atom is 0.0294 e. The number of hydrogen-bond donors (Lipinski definition) is 1. The summed E-state index contributed by atoms with van der Waals surface area (Å²) in [6, 6.07) is 10.1. The van der Waals surface area contributed by atoms with Crippen molar-refractivity contribution in [1.82, 2.24) is 10.2 Å². The fourth-order valence-electron chi connectivity index (χ4n) is 3.53. The number of benzene rings is 1. The SMILES string of the molecule is Cc1cccc([C@H](C)NC2CCN3CCC2C3)c1. The van der Waals surface area contributed by atoms with Crippen molar-refractivity contribution in [3.05, 3.63) is 35.4 Å². The Kier molecular flexibility index (Phi) is 3.40. The van der Waals surface area contributed by atoms with Crippen LogP contribution in [0.2, 0.25) is 0 Å². The molecule has 0 aromatic heterocycles. The van der Waals surface area contributed by atoms with E-state index in [1.165, 1.54) is 43.6 Å². The lowest BCUT2D eigenvalue weighted by Gasteiger charge is -2.33. The Hall–Kier alpha value is -0.860. The van der Waals surface area contributed by atoms with Crippen molar-refractivity contribution in [1.29, 1.82) is 0 Å². The second-order valence-electron chi connectivity index (χ2n) is 6.05. The van der Waals surface area contributed by atoms with Gasteiger partial charge in [0.15, 0.2) is 0 Å². The van der Waals surface area contributed by atoms with Gasteiger partial charge in [-0.25, -0.2) is 0 Å². The smallest absolute Gasteiger partial charge is 0.0294 e. The molecule has 2 heteroatoms. The van der Waals surface area contributed by atoms with E-state index in [-0.39, 0.29) is 0 Å². The second-order valence-corrected chi connectivity index (χ2v) is 6.05. The second kappa shape index (κ2) is 5.02. The Morgan fingerprint density at radius 3 is 2.94 bits per heavy atom. The summed E-state index contributed by atoms with van der Waals surface area (Å²) in [5, 5.41) is 3.86. The van der Waals surface area contributed by atoms with Crippen molar-refractivity contribution in [2.75, 3.05) is 19.6 Å². The normalized spacial score (nSPS) is 32.4. The third-order valence-corrected chi connectivity index (χ3v) is 4.64. The Labute approximate surface area is 110 Å². The van der Waals surface area contributed by atoms with Crippen LogP contribution in [-0.2, 0) is 0 Å². The zero-order valence-electron chi connectivity index (χ0n) is 11.5. The van der Waals surface area contributed by atoms with E-state index in [4.69, 9.17) is 0 Å². The number of fused-ring (bicyclic) bond motifs is 2. The Morgan fingerprint density at radius 1 is 1.28 bits per heavy atom. The molecule has 2 aliphatic heterocycles. The molecule has 0 amide bonds. The van der Waals surface area contributed by atoms with E-state index in [1.807, 2.05) is 0 Å². The van der Waals surface area contributed by atoms with Crippen molar-refractivity contribution in [3.63, 3.8) is 0 Å². The molecule has 1 N–H and O–H groups in total. The van der Waals surface area contributed by atoms with Crippen LogP contribution < -0.4 is 5.32 Å². The molecule has 2 saturated heterocycles. The van der Waals surface area contributed by atoms with Crippen LogP contribution in [-0.4, -0.2) is 30.6 Å². The van der Waals surface area contributed by atoms with Crippen molar-refractivity contribution in [3.8, 4) is 0 Å². The quantitative estimate of drug-likeness (QED) is 0.879. The van der Waals surface area contributed by atoms with Gasteiger partial charge in [-0.15, -0.1) is 0 Å². The van der Waals surface area contributed by atoms with Gasteiger partial charge in [-0.05, 0) is 51.3 Å². The highest BCUT2D eigenvalue weighted by molar-refractivity contribution is 5.24. The molecule has 2 bridgehead atoms. The van der Waals surface area contributed by atoms with E-state index in [0.717, 1.165) is 12.0 Å². The van der Waals surface area contributed by atoms with Gasteiger partial charge in [0.25, 0.3) is 0 Å². The predicted molar refractivity (Wildman–Crippen MR) is 75.7 cm³/mol. The molecular weight excluding hydrogens is 220 g/mol. The molecule has 4 atom stereocenters. The van der Waals surface area contributed by atoms with Gasteiger partial charge in [0.1, 0.15) is 0 Å². The minimum Gasteiger partial charge on any atom is -0.307 e. The van der Waals surface area contributed by atoms with Crippen LogP contribution in [0.15, 0.2) is 24.3 Å². The van der Waals surface area contributed by atoms with Gasteiger partial charge < -0.3 is 10.2 Å². The summed E-state index contributed by atoms with van der Waals surface area (Å²) >= 11 is 0. The van der Waals surface area contributed by atoms with Crippen LogP contribution in [0.1, 0.15) is 36.9 Å². The molecule has 3 unspecified atom stereocenters. The van der Waals surface area contributed by atoms with E-state index < -0.39 is 0 Å². The largest absolute Gasteiger partial charge is 0.307 e. The van der Waals surface area contributed by atoms with Crippen molar-refractivity contribution in [2.45, 2.75) is 38.8 Å². The number of aryl methyl sites for hydroxylation is 1. The van der Waals surface area contributed by atoms with E-state index in [1.54, 1.807) is 0 Å². The van der Waals surface area contributed by atoms with Crippen molar-refractivity contribution in [2.24, 2.45) is 5.92 Å². The van der Waals surface area contributed by atoms with Gasteiger partial charge in [0.05, 0.1) is 0 Å². The van der Waals surface area contributed by atoms with Crippen LogP contribution in [0, 0.1) is 12.8 Å². The number of nitrogens with one attached hydrogen (secondary N) is 1. The molecular formula is C16H24N2. The average Bonchev–Trinajstić information content (AvgIpc) is 2.76. The van der Waals surface area contributed by atoms with Gasteiger partial charge in [-0.1, -0.05) is 29.8 Å². The Balaban J connectivity index is 1.65. The van der Waals surface area contributed by atoms with E-state index in [2.05, 4.69) is 48.3 Å². The van der Waals surface area contributed by atoms with E-state index in [9.17, 15) is 0 Å². The molecule has 0 radical (unpaired) electrons. The van der Waals surface area contributed by atoms with Crippen molar-refractivity contribution >= 4 is 0 Å². The summed E-state index contributed by atoms with van der Waals surface area (Å²) in [5.41, 5.74) is 2.78. The predicted octanol–water partition coefficient (Wildman–Crippen LogP) is 2.74. The fraction of sp³-hybridized carbons (Fsp3) is 0.625. The van der Waals surface area contributed by atoms with E-state index >= 15 is 0 Å². The lowest BCUT2D eigenvalue weighted by Crippen LogP contribution is -2.44. The molecule has 2 fully saturated rings. The first kappa shape index (κ1) is 12.2. The summed E-state index contributed by atoms with van der Waals surface area (Å²) in [6.45, 7) is 8.40. The molecule has 98 valence electrons. The van der Waals surface area contributed by atoms with Gasteiger partial charge in [-0.2, -0.15) is 0 Å². The minimum absolute atomic E-state index is 0.474. The average molecular weight is 244 g/mol. The third kappa shape index (κ3) is 2.45. The summed E-state index contributed by atoms with van der Waals surface area (Å²) in [6.07, 6.45) is 2.71. The monoisotopic (exact) mass is 244 g/mol.